The van der Waals surface area contributed by atoms with Crippen molar-refractivity contribution in [1.29, 1.82) is 0 Å². The number of amides is 1. The Balaban J connectivity index is 1.36. The highest BCUT2D eigenvalue weighted by molar-refractivity contribution is 6.36. The van der Waals surface area contributed by atoms with Gasteiger partial charge in [0.1, 0.15) is 18.0 Å². The smallest absolute Gasteiger partial charge is 0.318 e. The lowest BCUT2D eigenvalue weighted by molar-refractivity contribution is -0.131. The molecule has 45 heavy (non-hydrogen) atoms. The number of carbonyl (C=O) groups excluding carboxylic acids is 1. The van der Waals surface area contributed by atoms with Gasteiger partial charge in [0.25, 0.3) is 5.91 Å². The Kier molecular flexibility index (Phi) is 8.59. The van der Waals surface area contributed by atoms with Gasteiger partial charge in [0.15, 0.2) is 5.83 Å². The molecule has 236 valence electrons. The molecule has 11 heteroatoms. The van der Waals surface area contributed by atoms with E-state index in [9.17, 15) is 9.18 Å². The molecule has 2 atom stereocenters. The van der Waals surface area contributed by atoms with Gasteiger partial charge in [-0.15, -0.1) is 0 Å². The zero-order chi connectivity index (χ0) is 31.9. The molecule has 3 heterocycles. The van der Waals surface area contributed by atoms with Crippen LogP contribution in [0.2, 0.25) is 5.02 Å². The molecule has 2 aliphatic heterocycles. The van der Waals surface area contributed by atoms with Gasteiger partial charge in [0.05, 0.1) is 17.3 Å². The maximum Gasteiger partial charge on any atom is 0.318 e. The first kappa shape index (κ1) is 31.1. The Morgan fingerprint density at radius 2 is 1.96 bits per heavy atom. The zero-order valence-corrected chi connectivity index (χ0v) is 26.9. The zero-order valence-electron chi connectivity index (χ0n) is 26.1. The molecule has 3 aromatic rings. The molecule has 1 saturated carbocycles. The summed E-state index contributed by atoms with van der Waals surface area (Å²) in [6.45, 7) is 16.1. The second-order valence-corrected chi connectivity index (χ2v) is 13.2. The minimum absolute atomic E-state index is 0.0614. The number of anilines is 2. The quantitative estimate of drug-likeness (QED) is 0.232. The van der Waals surface area contributed by atoms with E-state index in [1.807, 2.05) is 12.1 Å². The van der Waals surface area contributed by atoms with Gasteiger partial charge in [0.2, 0.25) is 6.54 Å². The van der Waals surface area contributed by atoms with Crippen molar-refractivity contribution in [1.82, 2.24) is 19.8 Å². The van der Waals surface area contributed by atoms with Crippen LogP contribution in [0.5, 0.6) is 6.01 Å². The van der Waals surface area contributed by atoms with Gasteiger partial charge in [-0.1, -0.05) is 42.4 Å². The van der Waals surface area contributed by atoms with Gasteiger partial charge < -0.3 is 29.2 Å². The molecule has 1 aromatic heterocycles. The van der Waals surface area contributed by atoms with Gasteiger partial charge in [-0.25, -0.2) is 11.0 Å². The van der Waals surface area contributed by atoms with E-state index >= 15 is 0 Å². The molecule has 0 bridgehead atoms. The maximum atomic E-state index is 13.9. The first-order valence-corrected chi connectivity index (χ1v) is 15.8. The van der Waals surface area contributed by atoms with Crippen LogP contribution >= 0.6 is 11.6 Å². The molecule has 9 nitrogen and oxygen atoms in total. The van der Waals surface area contributed by atoms with Gasteiger partial charge in [0, 0.05) is 54.8 Å². The normalized spacial score (nSPS) is 19.7. The van der Waals surface area contributed by atoms with E-state index in [2.05, 4.69) is 71.4 Å². The maximum absolute atomic E-state index is 13.9. The average molecular weight is 632 g/mol. The molecule has 0 unspecified atom stereocenters. The molecule has 2 fully saturated rings. The third kappa shape index (κ3) is 6.16. The lowest BCUT2D eigenvalue weighted by Crippen LogP contribution is -2.57. The summed E-state index contributed by atoms with van der Waals surface area (Å²) in [7, 11) is 4.16. The van der Waals surface area contributed by atoms with Crippen LogP contribution in [0.4, 0.5) is 15.9 Å². The fourth-order valence-electron chi connectivity index (χ4n) is 6.95. The van der Waals surface area contributed by atoms with Crippen LogP contribution in [0, 0.1) is 12.0 Å². The number of benzene rings is 2. The van der Waals surface area contributed by atoms with Crippen LogP contribution in [0.15, 0.2) is 48.8 Å². The number of aromatic nitrogens is 2. The van der Waals surface area contributed by atoms with E-state index in [0.29, 0.717) is 37.1 Å². The van der Waals surface area contributed by atoms with Gasteiger partial charge >= 0.3 is 6.01 Å². The van der Waals surface area contributed by atoms with Crippen molar-refractivity contribution >= 4 is 39.8 Å². The highest BCUT2D eigenvalue weighted by Gasteiger charge is 2.49. The first-order chi connectivity index (χ1) is 21.6. The summed E-state index contributed by atoms with van der Waals surface area (Å²) < 4.78 is 20.4. The number of hydrogen-bond acceptors (Lipinski definition) is 7. The minimum Gasteiger partial charge on any atom is -0.460 e. The summed E-state index contributed by atoms with van der Waals surface area (Å²) in [4.78, 5) is 34.2. The number of rotatable bonds is 9. The summed E-state index contributed by atoms with van der Waals surface area (Å²) in [5.74, 6) is -1.01. The van der Waals surface area contributed by atoms with E-state index < -0.39 is 17.8 Å². The van der Waals surface area contributed by atoms with Crippen LogP contribution in [0.1, 0.15) is 31.0 Å². The molecule has 1 aliphatic carbocycles. The molecule has 1 saturated heterocycles. The Labute approximate surface area is 269 Å². The lowest BCUT2D eigenvalue weighted by atomic mass is 10.00. The fourth-order valence-corrected chi connectivity index (χ4v) is 7.23. The summed E-state index contributed by atoms with van der Waals surface area (Å²) in [6, 6.07) is 12.0. The van der Waals surface area contributed by atoms with Crippen LogP contribution in [0.3, 0.4) is 0 Å². The third-order valence-electron chi connectivity index (χ3n) is 9.44. The lowest BCUT2D eigenvalue weighted by Gasteiger charge is -2.41. The summed E-state index contributed by atoms with van der Waals surface area (Å²) >= 11 is 6.71. The van der Waals surface area contributed by atoms with Gasteiger partial charge in [-0.3, -0.25) is 4.79 Å². The van der Waals surface area contributed by atoms with E-state index in [-0.39, 0.29) is 24.6 Å². The van der Waals surface area contributed by atoms with Crippen molar-refractivity contribution in [3.63, 3.8) is 0 Å². The SMILES string of the molecule is [C-]#[N+]C[C@H]1CN(c2nc(O[C@H](C)C3(CN(C)C)CC3)nc3c2CCN(c2cccc4cccc(Cl)c24)C3)CCN1C(=O)C(=C)F. The summed E-state index contributed by atoms with van der Waals surface area (Å²) in [5, 5.41) is 2.80. The number of halogens is 2. The van der Waals surface area contributed by atoms with Crippen molar-refractivity contribution in [3.05, 3.63) is 76.5 Å². The largest absolute Gasteiger partial charge is 0.460 e. The van der Waals surface area contributed by atoms with E-state index in [0.717, 1.165) is 59.5 Å². The fraction of sp³-hybridized carbons (Fsp3) is 0.471. The van der Waals surface area contributed by atoms with E-state index in [1.54, 1.807) is 0 Å². The molecule has 0 N–H and O–H groups in total. The first-order valence-electron chi connectivity index (χ1n) is 15.5. The number of carbonyl (C=O) groups is 1. The summed E-state index contributed by atoms with van der Waals surface area (Å²) in [5.41, 5.74) is 3.03. The Bertz CT molecular complexity index is 1660. The molecule has 3 aliphatic rings. The Hall–Kier alpha value is -3.94. The second kappa shape index (κ2) is 12.5. The van der Waals surface area contributed by atoms with Crippen molar-refractivity contribution in [2.75, 3.05) is 63.2 Å². The predicted octanol–water partition coefficient (Wildman–Crippen LogP) is 5.37. The number of hydrogen-bond donors (Lipinski definition) is 0. The van der Waals surface area contributed by atoms with Crippen molar-refractivity contribution in [3.8, 4) is 6.01 Å². The van der Waals surface area contributed by atoms with Gasteiger partial charge in [-0.2, -0.15) is 9.97 Å². The minimum atomic E-state index is -1.01. The van der Waals surface area contributed by atoms with E-state index in [1.165, 1.54) is 4.90 Å². The second-order valence-electron chi connectivity index (χ2n) is 12.7. The molecule has 1 amide bonds. The topological polar surface area (TPSA) is 69.4 Å². The highest BCUT2D eigenvalue weighted by atomic mass is 35.5. The third-order valence-corrected chi connectivity index (χ3v) is 9.76. The molecule has 0 radical (unpaired) electrons. The highest BCUT2D eigenvalue weighted by Crippen LogP contribution is 2.50. The van der Waals surface area contributed by atoms with Crippen LogP contribution in [-0.2, 0) is 17.8 Å². The van der Waals surface area contributed by atoms with Crippen molar-refractivity contribution in [2.24, 2.45) is 5.41 Å². The molecule has 2 aromatic carbocycles. The average Bonchev–Trinajstić information content (AvgIpc) is 3.80. The molecule has 6 rings (SSSR count). The van der Waals surface area contributed by atoms with E-state index in [4.69, 9.17) is 32.9 Å². The summed E-state index contributed by atoms with van der Waals surface area (Å²) in [6.07, 6.45) is 2.80. The van der Waals surface area contributed by atoms with Gasteiger partial charge in [-0.05, 0) is 57.8 Å². The standard InChI is InChI=1S/C34H39ClFN7O2/c1-22(36)32(44)43-17-16-42(19-25(43)18-37-3)31-26-12-15-41(29-11-7-9-24-8-6-10-27(35)30(24)29)20-28(26)38-33(39-31)45-23(2)34(13-14-34)21-40(4)5/h6-11,23,25H,1,12-21H2,2,4-5H3/t23-,25+/m1/s1. The van der Waals surface area contributed by atoms with Crippen LogP contribution in [0.25, 0.3) is 15.6 Å². The number of fused-ring (bicyclic) bond motifs is 2. The monoisotopic (exact) mass is 631 g/mol. The molecular weight excluding hydrogens is 593 g/mol. The Morgan fingerprint density at radius 3 is 2.64 bits per heavy atom. The van der Waals surface area contributed by atoms with Crippen molar-refractivity contribution in [2.45, 2.75) is 44.9 Å². The van der Waals surface area contributed by atoms with Crippen LogP contribution in [-0.4, -0.2) is 91.2 Å². The van der Waals surface area contributed by atoms with Crippen LogP contribution < -0.4 is 14.5 Å². The number of piperazine rings is 1. The van der Waals surface area contributed by atoms with Crippen molar-refractivity contribution < 1.29 is 13.9 Å². The number of ether oxygens (including phenoxy) is 1. The Morgan fingerprint density at radius 1 is 1.20 bits per heavy atom. The predicted molar refractivity (Wildman–Crippen MR) is 175 cm³/mol. The molecular formula is C34H39ClFN7O2. The number of nitrogens with zero attached hydrogens (tertiary/aromatic N) is 7. The molecule has 0 spiro atoms.